The van der Waals surface area contributed by atoms with Crippen molar-refractivity contribution < 1.29 is 9.53 Å². The van der Waals surface area contributed by atoms with E-state index in [4.69, 9.17) is 4.74 Å². The lowest BCUT2D eigenvalue weighted by Gasteiger charge is -2.29. The van der Waals surface area contributed by atoms with Crippen LogP contribution in [0.5, 0.6) is 5.75 Å². The molecule has 1 aliphatic heterocycles. The number of ether oxygens (including phenoxy) is 1. The highest BCUT2D eigenvalue weighted by atomic mass is 16.5. The first-order valence-electron chi connectivity index (χ1n) is 5.82. The lowest BCUT2D eigenvalue weighted by Crippen LogP contribution is -2.40. The van der Waals surface area contributed by atoms with Gasteiger partial charge in [-0.1, -0.05) is 6.07 Å². The summed E-state index contributed by atoms with van der Waals surface area (Å²) in [5.41, 5.74) is 2.51. The zero-order chi connectivity index (χ0) is 12.3. The van der Waals surface area contributed by atoms with Crippen molar-refractivity contribution in [1.29, 1.82) is 0 Å². The minimum Gasteiger partial charge on any atom is -0.497 e. The third-order valence-electron chi connectivity index (χ3n) is 3.11. The molecule has 0 atom stereocenters. The van der Waals surface area contributed by atoms with E-state index in [2.05, 4.69) is 11.4 Å². The fourth-order valence-electron chi connectivity index (χ4n) is 2.14. The number of rotatable bonds is 3. The highest BCUT2D eigenvalue weighted by molar-refractivity contribution is 5.78. The van der Waals surface area contributed by atoms with Crippen LogP contribution in [-0.2, 0) is 17.8 Å². The molecule has 0 bridgehead atoms. The predicted octanol–water partition coefficient (Wildman–Crippen LogP) is 0.799. The van der Waals surface area contributed by atoms with E-state index in [1.54, 1.807) is 14.2 Å². The number of nitrogens with zero attached hydrogens (tertiary/aromatic N) is 1. The van der Waals surface area contributed by atoms with Gasteiger partial charge in [-0.25, -0.2) is 0 Å². The van der Waals surface area contributed by atoms with Gasteiger partial charge in [0.1, 0.15) is 5.75 Å². The molecule has 1 N–H and O–H groups in total. The maximum atomic E-state index is 11.8. The molecule has 0 saturated heterocycles. The molecule has 1 aromatic rings. The molecule has 0 spiro atoms. The van der Waals surface area contributed by atoms with Gasteiger partial charge in [-0.05, 0) is 36.7 Å². The lowest BCUT2D eigenvalue weighted by atomic mass is 9.99. The molecule has 1 heterocycles. The smallest absolute Gasteiger partial charge is 0.236 e. The lowest BCUT2D eigenvalue weighted by molar-refractivity contribution is -0.131. The molecule has 1 aromatic carbocycles. The van der Waals surface area contributed by atoms with Gasteiger partial charge in [0.15, 0.2) is 0 Å². The summed E-state index contributed by atoms with van der Waals surface area (Å²) < 4.78 is 5.21. The van der Waals surface area contributed by atoms with E-state index in [9.17, 15) is 4.79 Å². The minimum atomic E-state index is 0.154. The number of fused-ring (bicyclic) bond motifs is 1. The Morgan fingerprint density at radius 2 is 2.29 bits per heavy atom. The second kappa shape index (κ2) is 5.19. The van der Waals surface area contributed by atoms with Crippen LogP contribution in [-0.4, -0.2) is 38.1 Å². The molecule has 4 nitrogen and oxygen atoms in total. The summed E-state index contributed by atoms with van der Waals surface area (Å²) in [5, 5.41) is 2.90. The fraction of sp³-hybridized carbons (Fsp3) is 0.462. The van der Waals surface area contributed by atoms with E-state index >= 15 is 0 Å². The average Bonchev–Trinajstić information content (AvgIpc) is 2.37. The van der Waals surface area contributed by atoms with Crippen molar-refractivity contribution in [3.8, 4) is 5.75 Å². The van der Waals surface area contributed by atoms with E-state index in [-0.39, 0.29) is 5.91 Å². The Hall–Kier alpha value is -1.55. The summed E-state index contributed by atoms with van der Waals surface area (Å²) in [4.78, 5) is 13.7. The Labute approximate surface area is 102 Å². The second-order valence-corrected chi connectivity index (χ2v) is 4.23. The molecule has 92 valence electrons. The van der Waals surface area contributed by atoms with Crippen LogP contribution in [0.25, 0.3) is 0 Å². The van der Waals surface area contributed by atoms with Crippen molar-refractivity contribution in [3.63, 3.8) is 0 Å². The SMILES string of the molecule is CNCC(=O)N1CCc2ccc(OC)cc2C1. The largest absolute Gasteiger partial charge is 0.497 e. The number of likely N-dealkylation sites (N-methyl/N-ethyl adjacent to an activating group) is 1. The van der Waals surface area contributed by atoms with Crippen LogP contribution in [0.2, 0.25) is 0 Å². The average molecular weight is 234 g/mol. The van der Waals surface area contributed by atoms with Gasteiger partial charge < -0.3 is 15.0 Å². The Bertz CT molecular complexity index is 418. The van der Waals surface area contributed by atoms with E-state index in [1.807, 2.05) is 17.0 Å². The number of hydrogen-bond acceptors (Lipinski definition) is 3. The Kier molecular flexibility index (Phi) is 3.64. The number of nitrogens with one attached hydrogen (secondary N) is 1. The quantitative estimate of drug-likeness (QED) is 0.841. The maximum absolute atomic E-state index is 11.8. The number of carbonyl (C=O) groups excluding carboxylic acids is 1. The van der Waals surface area contributed by atoms with Gasteiger partial charge in [-0.2, -0.15) is 0 Å². The molecule has 0 radical (unpaired) electrons. The number of carbonyl (C=O) groups is 1. The van der Waals surface area contributed by atoms with Gasteiger partial charge in [0.2, 0.25) is 5.91 Å². The van der Waals surface area contributed by atoms with Crippen LogP contribution in [0.1, 0.15) is 11.1 Å². The van der Waals surface area contributed by atoms with E-state index < -0.39 is 0 Å². The Morgan fingerprint density at radius 3 is 3.00 bits per heavy atom. The summed E-state index contributed by atoms with van der Waals surface area (Å²) in [7, 11) is 3.45. The molecule has 0 aliphatic carbocycles. The standard InChI is InChI=1S/C13H18N2O2/c1-14-8-13(16)15-6-5-10-3-4-12(17-2)7-11(10)9-15/h3-4,7,14H,5-6,8-9H2,1-2H3. The van der Waals surface area contributed by atoms with Crippen LogP contribution in [0, 0.1) is 0 Å². The molecular formula is C13H18N2O2. The van der Waals surface area contributed by atoms with Crippen LogP contribution in [0.3, 0.4) is 0 Å². The predicted molar refractivity (Wildman–Crippen MR) is 66.0 cm³/mol. The highest BCUT2D eigenvalue weighted by Crippen LogP contribution is 2.23. The normalized spacial score (nSPS) is 14.4. The van der Waals surface area contributed by atoms with Gasteiger partial charge in [0, 0.05) is 13.1 Å². The maximum Gasteiger partial charge on any atom is 0.236 e. The van der Waals surface area contributed by atoms with E-state index in [0.29, 0.717) is 13.1 Å². The molecule has 4 heteroatoms. The van der Waals surface area contributed by atoms with Crippen LogP contribution in [0.4, 0.5) is 0 Å². The molecule has 0 unspecified atom stereocenters. The summed E-state index contributed by atoms with van der Waals surface area (Å²) in [6, 6.07) is 6.09. The Morgan fingerprint density at radius 1 is 1.47 bits per heavy atom. The third-order valence-corrected chi connectivity index (χ3v) is 3.11. The van der Waals surface area contributed by atoms with Crippen LogP contribution < -0.4 is 10.1 Å². The van der Waals surface area contributed by atoms with Crippen molar-refractivity contribution in [3.05, 3.63) is 29.3 Å². The Balaban J connectivity index is 2.14. The number of methoxy groups -OCH3 is 1. The minimum absolute atomic E-state index is 0.154. The first kappa shape index (κ1) is 11.9. The van der Waals surface area contributed by atoms with E-state index in [1.165, 1.54) is 11.1 Å². The molecule has 0 fully saturated rings. The van der Waals surface area contributed by atoms with Crippen molar-refractivity contribution in [2.45, 2.75) is 13.0 Å². The van der Waals surface area contributed by atoms with Crippen molar-refractivity contribution in [2.75, 3.05) is 27.2 Å². The van der Waals surface area contributed by atoms with Gasteiger partial charge in [-0.3, -0.25) is 4.79 Å². The molecule has 2 rings (SSSR count). The topological polar surface area (TPSA) is 41.6 Å². The molecule has 17 heavy (non-hydrogen) atoms. The van der Waals surface area contributed by atoms with Gasteiger partial charge in [-0.15, -0.1) is 0 Å². The summed E-state index contributed by atoms with van der Waals surface area (Å²) in [6.45, 7) is 1.90. The molecule has 0 aromatic heterocycles. The first-order chi connectivity index (χ1) is 8.24. The first-order valence-corrected chi connectivity index (χ1v) is 5.82. The zero-order valence-electron chi connectivity index (χ0n) is 10.3. The van der Waals surface area contributed by atoms with Crippen molar-refractivity contribution >= 4 is 5.91 Å². The van der Waals surface area contributed by atoms with Gasteiger partial charge in [0.25, 0.3) is 0 Å². The second-order valence-electron chi connectivity index (χ2n) is 4.23. The van der Waals surface area contributed by atoms with Crippen LogP contribution in [0.15, 0.2) is 18.2 Å². The molecule has 0 saturated carbocycles. The highest BCUT2D eigenvalue weighted by Gasteiger charge is 2.20. The monoisotopic (exact) mass is 234 g/mol. The number of hydrogen-bond donors (Lipinski definition) is 1. The number of amides is 1. The fourth-order valence-corrected chi connectivity index (χ4v) is 2.14. The summed E-state index contributed by atoms with van der Waals surface area (Å²) in [6.07, 6.45) is 0.925. The van der Waals surface area contributed by atoms with Crippen LogP contribution >= 0.6 is 0 Å². The molecular weight excluding hydrogens is 216 g/mol. The van der Waals surface area contributed by atoms with Crippen molar-refractivity contribution in [1.82, 2.24) is 10.2 Å². The molecule has 1 aliphatic rings. The van der Waals surface area contributed by atoms with Gasteiger partial charge >= 0.3 is 0 Å². The van der Waals surface area contributed by atoms with Gasteiger partial charge in [0.05, 0.1) is 13.7 Å². The van der Waals surface area contributed by atoms with Crippen molar-refractivity contribution in [2.24, 2.45) is 0 Å². The summed E-state index contributed by atoms with van der Waals surface area (Å²) in [5.74, 6) is 1.01. The molecule has 1 amide bonds. The summed E-state index contributed by atoms with van der Waals surface area (Å²) >= 11 is 0. The zero-order valence-corrected chi connectivity index (χ0v) is 10.3. The third kappa shape index (κ3) is 2.58. The van der Waals surface area contributed by atoms with E-state index in [0.717, 1.165) is 18.7 Å². The number of benzene rings is 1.